The van der Waals surface area contributed by atoms with Crippen molar-refractivity contribution < 1.29 is 19.0 Å². The lowest BCUT2D eigenvalue weighted by Crippen LogP contribution is -2.50. The SMILES string of the molecule is N[N+]12C=C(c3cccc(C(=O)O)c3)N=CC1=NC(c1ccco1)=N2. The standard InChI is InChI=1S/C16H11N5O3/c17-21-9-12(10-3-1-4-11(7-10)16(22)23)18-8-14(21)19-15(20-21)13-5-2-6-24-13/h1-9H,17H2/p+1. The first-order valence-electron chi connectivity index (χ1n) is 7.06. The van der Waals surface area contributed by atoms with Crippen molar-refractivity contribution in [3.8, 4) is 0 Å². The summed E-state index contributed by atoms with van der Waals surface area (Å²) in [6, 6.07) is 9.95. The van der Waals surface area contributed by atoms with Gasteiger partial charge in [0.15, 0.2) is 12.0 Å². The van der Waals surface area contributed by atoms with E-state index in [0.717, 1.165) is 0 Å². The normalized spacial score (nSPS) is 21.8. The van der Waals surface area contributed by atoms with Crippen LogP contribution >= 0.6 is 0 Å². The molecule has 0 spiro atoms. The Hall–Kier alpha value is -3.36. The van der Waals surface area contributed by atoms with Crippen LogP contribution in [0.2, 0.25) is 0 Å². The molecule has 1 aromatic carbocycles. The molecule has 1 atom stereocenters. The highest BCUT2D eigenvalue weighted by atomic mass is 16.4. The Kier molecular flexibility index (Phi) is 3.02. The molecule has 0 fully saturated rings. The van der Waals surface area contributed by atoms with Gasteiger partial charge in [0.05, 0.1) is 11.8 Å². The van der Waals surface area contributed by atoms with Gasteiger partial charge in [-0.25, -0.2) is 9.79 Å². The number of carboxylic acid groups (broad SMARTS) is 1. The molecule has 2 aliphatic heterocycles. The summed E-state index contributed by atoms with van der Waals surface area (Å²) < 4.78 is 4.89. The van der Waals surface area contributed by atoms with Crippen LogP contribution in [-0.4, -0.2) is 33.7 Å². The predicted octanol–water partition coefficient (Wildman–Crippen LogP) is 1.83. The summed E-state index contributed by atoms with van der Waals surface area (Å²) in [6.07, 6.45) is 4.65. The number of carbonyl (C=O) groups is 1. The lowest BCUT2D eigenvalue weighted by molar-refractivity contribution is -0.802. The summed E-state index contributed by atoms with van der Waals surface area (Å²) >= 11 is 0. The van der Waals surface area contributed by atoms with Crippen LogP contribution in [0.3, 0.4) is 0 Å². The highest BCUT2D eigenvalue weighted by Gasteiger charge is 2.40. The Labute approximate surface area is 136 Å². The fraction of sp³-hybridized carbons (Fsp3) is 0. The Balaban J connectivity index is 1.75. The van der Waals surface area contributed by atoms with Gasteiger partial charge in [-0.2, -0.15) is 4.99 Å². The molecule has 8 nitrogen and oxygen atoms in total. The quantitative estimate of drug-likeness (QED) is 0.662. The third-order valence-corrected chi connectivity index (χ3v) is 3.63. The lowest BCUT2D eigenvalue weighted by atomic mass is 10.1. The maximum absolute atomic E-state index is 11.1. The number of amidine groups is 2. The minimum absolute atomic E-state index is 0.174. The number of benzene rings is 1. The molecule has 0 aliphatic carbocycles. The van der Waals surface area contributed by atoms with E-state index in [2.05, 4.69) is 15.1 Å². The molecule has 24 heavy (non-hydrogen) atoms. The van der Waals surface area contributed by atoms with E-state index in [1.165, 1.54) is 24.6 Å². The molecular weight excluding hydrogens is 310 g/mol. The molecule has 1 aromatic heterocycles. The molecule has 118 valence electrons. The minimum atomic E-state index is -1.00. The van der Waals surface area contributed by atoms with Crippen LogP contribution in [-0.2, 0) is 0 Å². The zero-order chi connectivity index (χ0) is 16.7. The van der Waals surface area contributed by atoms with Crippen LogP contribution in [0.25, 0.3) is 5.70 Å². The van der Waals surface area contributed by atoms with Crippen molar-refractivity contribution in [3.05, 3.63) is 65.7 Å². The van der Waals surface area contributed by atoms with Crippen molar-refractivity contribution in [1.82, 2.24) is 0 Å². The second-order valence-electron chi connectivity index (χ2n) is 5.27. The molecule has 0 amide bonds. The highest BCUT2D eigenvalue weighted by molar-refractivity contribution is 6.32. The second-order valence-corrected chi connectivity index (χ2v) is 5.27. The summed E-state index contributed by atoms with van der Waals surface area (Å²) in [4.78, 5) is 19.8. The van der Waals surface area contributed by atoms with Crippen LogP contribution in [0.5, 0.6) is 0 Å². The summed E-state index contributed by atoms with van der Waals surface area (Å²) in [6.45, 7) is 0. The van der Waals surface area contributed by atoms with Gasteiger partial charge >= 0.3 is 5.97 Å². The Morgan fingerprint density at radius 3 is 2.88 bits per heavy atom. The van der Waals surface area contributed by atoms with Crippen LogP contribution in [0.1, 0.15) is 21.7 Å². The van der Waals surface area contributed by atoms with Gasteiger partial charge in [-0.05, 0) is 34.1 Å². The molecular formula is C16H12N5O3+. The van der Waals surface area contributed by atoms with Gasteiger partial charge in [0.25, 0.3) is 11.7 Å². The van der Waals surface area contributed by atoms with Crippen molar-refractivity contribution in [1.29, 1.82) is 0 Å². The summed E-state index contributed by atoms with van der Waals surface area (Å²) in [5, 5.41) is 13.5. The molecule has 3 N–H and O–H groups in total. The van der Waals surface area contributed by atoms with Gasteiger partial charge in [0, 0.05) is 5.56 Å². The van der Waals surface area contributed by atoms with Gasteiger partial charge in [0.2, 0.25) is 0 Å². The van der Waals surface area contributed by atoms with Gasteiger partial charge < -0.3 is 9.52 Å². The fourth-order valence-electron chi connectivity index (χ4n) is 2.45. The van der Waals surface area contributed by atoms with E-state index in [1.54, 1.807) is 30.5 Å². The van der Waals surface area contributed by atoms with E-state index in [4.69, 9.17) is 15.4 Å². The first-order chi connectivity index (χ1) is 11.5. The van der Waals surface area contributed by atoms with Crippen molar-refractivity contribution in [3.63, 3.8) is 0 Å². The predicted molar refractivity (Wildman–Crippen MR) is 87.0 cm³/mol. The minimum Gasteiger partial charge on any atom is -0.478 e. The first-order valence-corrected chi connectivity index (χ1v) is 7.06. The van der Waals surface area contributed by atoms with E-state index in [-0.39, 0.29) is 5.56 Å². The molecule has 0 saturated carbocycles. The van der Waals surface area contributed by atoms with Crippen LogP contribution in [0.15, 0.2) is 68.4 Å². The topological polar surface area (TPSA) is 114 Å². The van der Waals surface area contributed by atoms with Crippen molar-refractivity contribution in [2.24, 2.45) is 20.9 Å². The number of hydrogen-bond acceptors (Lipinski definition) is 6. The first kappa shape index (κ1) is 14.2. The smallest absolute Gasteiger partial charge is 0.335 e. The number of carboxylic acids is 1. The maximum Gasteiger partial charge on any atom is 0.335 e. The number of hydrogen-bond donors (Lipinski definition) is 2. The maximum atomic E-state index is 11.1. The molecule has 2 aromatic rings. The lowest BCUT2D eigenvalue weighted by Gasteiger charge is -2.19. The van der Waals surface area contributed by atoms with E-state index >= 15 is 0 Å². The number of furan rings is 1. The van der Waals surface area contributed by atoms with Crippen molar-refractivity contribution in [2.75, 3.05) is 0 Å². The molecule has 4 rings (SSSR count). The molecule has 8 heteroatoms. The third kappa shape index (κ3) is 2.26. The number of quaternary nitrogens is 1. The molecule has 2 aliphatic rings. The molecule has 1 unspecified atom stereocenters. The Morgan fingerprint density at radius 1 is 1.25 bits per heavy atom. The monoisotopic (exact) mass is 322 g/mol. The van der Waals surface area contributed by atoms with Gasteiger partial charge in [-0.1, -0.05) is 12.1 Å². The van der Waals surface area contributed by atoms with Crippen molar-refractivity contribution in [2.45, 2.75) is 0 Å². The number of aromatic carboxylic acids is 1. The van der Waals surface area contributed by atoms with Gasteiger partial charge in [0.1, 0.15) is 11.9 Å². The average Bonchev–Trinajstić information content (AvgIpc) is 3.21. The van der Waals surface area contributed by atoms with Crippen molar-refractivity contribution >= 4 is 29.6 Å². The average molecular weight is 322 g/mol. The Morgan fingerprint density at radius 2 is 2.12 bits per heavy atom. The van der Waals surface area contributed by atoms with Gasteiger partial charge in [-0.15, -0.1) is 5.84 Å². The molecule has 0 bridgehead atoms. The molecule has 0 radical (unpaired) electrons. The Bertz CT molecular complexity index is 956. The molecule has 3 heterocycles. The van der Waals surface area contributed by atoms with E-state index in [9.17, 15) is 4.79 Å². The fourth-order valence-corrected chi connectivity index (χ4v) is 2.45. The second kappa shape index (κ2) is 5.08. The molecule has 0 saturated heterocycles. The zero-order valence-electron chi connectivity index (χ0n) is 12.3. The number of fused-ring (bicyclic) bond motifs is 1. The van der Waals surface area contributed by atoms with E-state index in [0.29, 0.717) is 28.7 Å². The summed E-state index contributed by atoms with van der Waals surface area (Å²) in [5.41, 5.74) is 1.33. The largest absolute Gasteiger partial charge is 0.478 e. The van der Waals surface area contributed by atoms with Crippen LogP contribution < -0.4 is 5.84 Å². The van der Waals surface area contributed by atoms with Crippen LogP contribution in [0.4, 0.5) is 0 Å². The van der Waals surface area contributed by atoms with Crippen LogP contribution in [0, 0.1) is 0 Å². The number of nitrogens with zero attached hydrogens (tertiary/aromatic N) is 4. The summed E-state index contributed by atoms with van der Waals surface area (Å²) in [5.74, 6) is 6.61. The number of rotatable bonds is 3. The van der Waals surface area contributed by atoms with E-state index in [1.807, 2.05) is 0 Å². The van der Waals surface area contributed by atoms with E-state index < -0.39 is 10.7 Å². The summed E-state index contributed by atoms with van der Waals surface area (Å²) in [7, 11) is 0. The third-order valence-electron chi connectivity index (χ3n) is 3.63. The zero-order valence-corrected chi connectivity index (χ0v) is 12.3. The van der Waals surface area contributed by atoms with Gasteiger partial charge in [-0.3, -0.25) is 0 Å². The highest BCUT2D eigenvalue weighted by Crippen LogP contribution is 2.26. The number of aliphatic imine (C=N–C) groups is 2. The number of nitrogens with two attached hydrogens (primary N) is 1.